The van der Waals surface area contributed by atoms with Gasteiger partial charge in [-0.05, 0) is 37.4 Å². The van der Waals surface area contributed by atoms with Crippen molar-refractivity contribution >= 4 is 35.7 Å². The van der Waals surface area contributed by atoms with E-state index in [2.05, 4.69) is 11.6 Å². The zero-order chi connectivity index (χ0) is 5.82. The Morgan fingerprint density at radius 2 is 2.44 bits per heavy atom. The van der Waals surface area contributed by atoms with Crippen LogP contribution in [0.1, 0.15) is 6.42 Å². The standard InChI is InChI=1S/C6H13NS.HI/c1-8-5-6-2-3-7-4-6;/h6-7H,2-5H2,1H3;1H. The highest BCUT2D eigenvalue weighted by molar-refractivity contribution is 14.0. The van der Waals surface area contributed by atoms with E-state index in [0.29, 0.717) is 0 Å². The van der Waals surface area contributed by atoms with Crippen molar-refractivity contribution in [2.75, 3.05) is 25.1 Å². The average molecular weight is 259 g/mol. The molecule has 0 aromatic rings. The Balaban J connectivity index is 0.000000640. The van der Waals surface area contributed by atoms with Crippen LogP contribution in [0.25, 0.3) is 0 Å². The van der Waals surface area contributed by atoms with E-state index in [0.717, 1.165) is 5.92 Å². The highest BCUT2D eigenvalue weighted by Gasteiger charge is 2.12. The van der Waals surface area contributed by atoms with Gasteiger partial charge in [-0.15, -0.1) is 24.0 Å². The van der Waals surface area contributed by atoms with E-state index < -0.39 is 0 Å². The lowest BCUT2D eigenvalue weighted by atomic mass is 10.2. The van der Waals surface area contributed by atoms with Gasteiger partial charge in [-0.2, -0.15) is 11.8 Å². The Hall–Kier alpha value is 1.04. The maximum Gasteiger partial charge on any atom is -0.00122 e. The third kappa shape index (κ3) is 3.68. The molecule has 0 saturated carbocycles. The van der Waals surface area contributed by atoms with Gasteiger partial charge in [0.25, 0.3) is 0 Å². The molecular weight excluding hydrogens is 245 g/mol. The Morgan fingerprint density at radius 1 is 1.67 bits per heavy atom. The fourth-order valence-electron chi connectivity index (χ4n) is 1.09. The van der Waals surface area contributed by atoms with Crippen LogP contribution in [0.15, 0.2) is 0 Å². The number of rotatable bonds is 2. The zero-order valence-electron chi connectivity index (χ0n) is 5.72. The molecule has 0 radical (unpaired) electrons. The van der Waals surface area contributed by atoms with Crippen LogP contribution in [0.4, 0.5) is 0 Å². The first-order chi connectivity index (χ1) is 3.93. The van der Waals surface area contributed by atoms with Crippen LogP contribution in [-0.4, -0.2) is 25.1 Å². The van der Waals surface area contributed by atoms with Crippen LogP contribution < -0.4 is 5.32 Å². The summed E-state index contributed by atoms with van der Waals surface area (Å²) in [7, 11) is 0. The fraction of sp³-hybridized carbons (Fsp3) is 1.00. The molecule has 1 atom stereocenters. The monoisotopic (exact) mass is 259 g/mol. The Bertz CT molecular complexity index is 64.1. The number of hydrogen-bond donors (Lipinski definition) is 1. The quantitative estimate of drug-likeness (QED) is 0.756. The smallest absolute Gasteiger partial charge is 0.00122 e. The summed E-state index contributed by atoms with van der Waals surface area (Å²) in [5.74, 6) is 2.30. The molecule has 9 heavy (non-hydrogen) atoms. The molecule has 56 valence electrons. The van der Waals surface area contributed by atoms with Gasteiger partial charge in [0.1, 0.15) is 0 Å². The summed E-state index contributed by atoms with van der Waals surface area (Å²) >= 11 is 1.96. The number of thioether (sulfide) groups is 1. The van der Waals surface area contributed by atoms with Gasteiger partial charge < -0.3 is 5.32 Å². The van der Waals surface area contributed by atoms with Gasteiger partial charge in [0.05, 0.1) is 0 Å². The largest absolute Gasteiger partial charge is 0.316 e. The first-order valence-electron chi connectivity index (χ1n) is 3.13. The Kier molecular flexibility index (Phi) is 6.47. The molecule has 1 saturated heterocycles. The topological polar surface area (TPSA) is 12.0 Å². The van der Waals surface area contributed by atoms with E-state index in [1.54, 1.807) is 0 Å². The molecule has 1 nitrogen and oxygen atoms in total. The van der Waals surface area contributed by atoms with Crippen LogP contribution in [-0.2, 0) is 0 Å². The molecule has 0 aliphatic carbocycles. The lowest BCUT2D eigenvalue weighted by Crippen LogP contribution is -2.10. The molecule has 1 rings (SSSR count). The summed E-state index contributed by atoms with van der Waals surface area (Å²) in [6.45, 7) is 2.49. The SMILES string of the molecule is CSCC1CCNC1.I. The first-order valence-corrected chi connectivity index (χ1v) is 4.52. The maximum atomic E-state index is 3.34. The van der Waals surface area contributed by atoms with E-state index in [9.17, 15) is 0 Å². The highest BCUT2D eigenvalue weighted by Crippen LogP contribution is 2.11. The second-order valence-electron chi connectivity index (χ2n) is 2.31. The second-order valence-corrected chi connectivity index (χ2v) is 3.22. The van der Waals surface area contributed by atoms with Crippen molar-refractivity contribution in [1.29, 1.82) is 0 Å². The molecule has 1 unspecified atom stereocenters. The summed E-state index contributed by atoms with van der Waals surface area (Å²) in [6.07, 6.45) is 3.57. The van der Waals surface area contributed by atoms with Crippen LogP contribution in [0, 0.1) is 5.92 Å². The predicted molar refractivity (Wildman–Crippen MR) is 54.8 cm³/mol. The second kappa shape index (κ2) is 5.80. The van der Waals surface area contributed by atoms with Crippen LogP contribution in [0.2, 0.25) is 0 Å². The number of hydrogen-bond acceptors (Lipinski definition) is 2. The van der Waals surface area contributed by atoms with Gasteiger partial charge in [0, 0.05) is 0 Å². The summed E-state index contributed by atoms with van der Waals surface area (Å²) in [6, 6.07) is 0. The summed E-state index contributed by atoms with van der Waals surface area (Å²) in [4.78, 5) is 0. The zero-order valence-corrected chi connectivity index (χ0v) is 8.87. The minimum absolute atomic E-state index is 0. The molecule has 0 aromatic heterocycles. The van der Waals surface area contributed by atoms with Crippen molar-refractivity contribution < 1.29 is 0 Å². The van der Waals surface area contributed by atoms with Gasteiger partial charge >= 0.3 is 0 Å². The van der Waals surface area contributed by atoms with Crippen molar-refractivity contribution in [2.24, 2.45) is 5.92 Å². The normalized spacial score (nSPS) is 25.7. The van der Waals surface area contributed by atoms with E-state index in [-0.39, 0.29) is 24.0 Å². The van der Waals surface area contributed by atoms with Crippen molar-refractivity contribution in [1.82, 2.24) is 5.32 Å². The van der Waals surface area contributed by atoms with Crippen LogP contribution in [0.3, 0.4) is 0 Å². The predicted octanol–water partition coefficient (Wildman–Crippen LogP) is 1.58. The van der Waals surface area contributed by atoms with Gasteiger partial charge in [-0.1, -0.05) is 0 Å². The van der Waals surface area contributed by atoms with E-state index in [1.807, 2.05) is 11.8 Å². The van der Waals surface area contributed by atoms with Crippen LogP contribution >= 0.6 is 35.7 Å². The van der Waals surface area contributed by atoms with Gasteiger partial charge in [0.15, 0.2) is 0 Å². The van der Waals surface area contributed by atoms with Crippen molar-refractivity contribution in [3.05, 3.63) is 0 Å². The Labute approximate surface area is 78.4 Å². The minimum atomic E-state index is 0. The summed E-state index contributed by atoms with van der Waals surface area (Å²) in [5.41, 5.74) is 0. The molecule has 1 fully saturated rings. The molecule has 3 heteroatoms. The average Bonchev–Trinajstić information content (AvgIpc) is 2.19. The number of nitrogens with one attached hydrogen (secondary N) is 1. The minimum Gasteiger partial charge on any atom is -0.316 e. The summed E-state index contributed by atoms with van der Waals surface area (Å²) < 4.78 is 0. The van der Waals surface area contributed by atoms with Crippen LogP contribution in [0.5, 0.6) is 0 Å². The lowest BCUT2D eigenvalue weighted by molar-refractivity contribution is 0.663. The van der Waals surface area contributed by atoms with Gasteiger partial charge in [-0.3, -0.25) is 0 Å². The van der Waals surface area contributed by atoms with Gasteiger partial charge in [0.2, 0.25) is 0 Å². The Morgan fingerprint density at radius 3 is 2.89 bits per heavy atom. The van der Waals surface area contributed by atoms with Crippen molar-refractivity contribution in [3.8, 4) is 0 Å². The highest BCUT2D eigenvalue weighted by atomic mass is 127. The third-order valence-corrected chi connectivity index (χ3v) is 2.37. The van der Waals surface area contributed by atoms with Crippen molar-refractivity contribution in [2.45, 2.75) is 6.42 Å². The lowest BCUT2D eigenvalue weighted by Gasteiger charge is -2.02. The third-order valence-electron chi connectivity index (χ3n) is 1.56. The molecule has 1 N–H and O–H groups in total. The molecule has 0 amide bonds. The maximum absolute atomic E-state index is 3.34. The molecule has 1 heterocycles. The molecule has 1 aliphatic heterocycles. The number of halogens is 1. The fourth-order valence-corrected chi connectivity index (χ4v) is 1.85. The summed E-state index contributed by atoms with van der Waals surface area (Å²) in [5, 5.41) is 3.34. The van der Waals surface area contributed by atoms with Crippen molar-refractivity contribution in [3.63, 3.8) is 0 Å². The van der Waals surface area contributed by atoms with E-state index >= 15 is 0 Å². The molecule has 0 bridgehead atoms. The van der Waals surface area contributed by atoms with Gasteiger partial charge in [-0.25, -0.2) is 0 Å². The molecular formula is C6H14INS. The molecule has 0 aromatic carbocycles. The molecule has 0 spiro atoms. The van der Waals surface area contributed by atoms with E-state index in [1.165, 1.54) is 25.3 Å². The molecule has 1 aliphatic rings. The van der Waals surface area contributed by atoms with E-state index in [4.69, 9.17) is 0 Å². The first kappa shape index (κ1) is 10.0.